The van der Waals surface area contributed by atoms with Crippen LogP contribution < -0.4 is 14.8 Å². The molecule has 5 rings (SSSR count). The second-order valence-electron chi connectivity index (χ2n) is 8.26. The molecule has 1 aromatic heterocycles. The molecule has 1 spiro atoms. The van der Waals surface area contributed by atoms with E-state index in [1.54, 1.807) is 18.2 Å². The average Bonchev–Trinajstić information content (AvgIpc) is 2.63. The van der Waals surface area contributed by atoms with E-state index in [0.717, 1.165) is 12.8 Å². The van der Waals surface area contributed by atoms with Crippen LogP contribution in [0, 0.1) is 11.3 Å². The summed E-state index contributed by atoms with van der Waals surface area (Å²) in [5.74, 6) is 0.235. The van der Waals surface area contributed by atoms with E-state index in [1.165, 1.54) is 37.6 Å². The van der Waals surface area contributed by atoms with E-state index >= 15 is 0 Å². The number of anilines is 1. The molecule has 3 aliphatic rings. The van der Waals surface area contributed by atoms with Crippen LogP contribution in [0.2, 0.25) is 0 Å². The molecule has 2 aliphatic carbocycles. The Kier molecular flexibility index (Phi) is 4.23. The monoisotopic (exact) mass is 414 g/mol. The standard InChI is InChI=1S/C20H22N4O4S/c25-18-13-3-1-4-15(9-13)29(26,27)24-19-21-8-5-17(23-19)28-12-16(22-18)14-10-20(11-14)6-2-7-20/h1,3-5,8-9,14,16H,2,6-7,10-12H2,(H,22,25)(H,21,23,24). The van der Waals surface area contributed by atoms with Gasteiger partial charge in [-0.3, -0.25) is 4.79 Å². The van der Waals surface area contributed by atoms with E-state index in [2.05, 4.69) is 20.0 Å². The normalized spacial score (nSPS) is 25.0. The number of sulfonamides is 1. The molecule has 2 N–H and O–H groups in total. The lowest BCUT2D eigenvalue weighted by molar-refractivity contribution is -0.0452. The Labute approximate surface area is 169 Å². The smallest absolute Gasteiger partial charge is 0.264 e. The average molecular weight is 414 g/mol. The van der Waals surface area contributed by atoms with Gasteiger partial charge in [-0.2, -0.15) is 4.98 Å². The number of rotatable bonds is 1. The summed E-state index contributed by atoms with van der Waals surface area (Å²) in [6.45, 7) is 0.273. The van der Waals surface area contributed by atoms with Crippen LogP contribution in [0.1, 0.15) is 42.5 Å². The Morgan fingerprint density at radius 2 is 2.00 bits per heavy atom. The molecule has 2 aromatic rings. The summed E-state index contributed by atoms with van der Waals surface area (Å²) < 4.78 is 33.5. The fourth-order valence-electron chi connectivity index (χ4n) is 4.60. The van der Waals surface area contributed by atoms with Crippen molar-refractivity contribution in [2.45, 2.75) is 43.0 Å². The minimum absolute atomic E-state index is 0.0204. The van der Waals surface area contributed by atoms with Gasteiger partial charge in [-0.15, -0.1) is 0 Å². The zero-order valence-corrected chi connectivity index (χ0v) is 16.6. The highest BCUT2D eigenvalue weighted by molar-refractivity contribution is 7.92. The van der Waals surface area contributed by atoms with Crippen LogP contribution in [-0.2, 0) is 10.0 Å². The predicted molar refractivity (Wildman–Crippen MR) is 105 cm³/mol. The van der Waals surface area contributed by atoms with Gasteiger partial charge in [0, 0.05) is 17.8 Å². The van der Waals surface area contributed by atoms with Gasteiger partial charge in [-0.25, -0.2) is 18.1 Å². The van der Waals surface area contributed by atoms with Crippen LogP contribution in [0.3, 0.4) is 0 Å². The van der Waals surface area contributed by atoms with E-state index in [4.69, 9.17) is 4.74 Å². The number of carbonyl (C=O) groups excluding carboxylic acids is 1. The second-order valence-corrected chi connectivity index (χ2v) is 9.95. The van der Waals surface area contributed by atoms with Crippen molar-refractivity contribution >= 4 is 21.9 Å². The molecule has 1 unspecified atom stereocenters. The first-order valence-corrected chi connectivity index (χ1v) is 11.3. The summed E-state index contributed by atoms with van der Waals surface area (Å²) in [5.41, 5.74) is 0.763. The summed E-state index contributed by atoms with van der Waals surface area (Å²) in [4.78, 5) is 21.0. The van der Waals surface area contributed by atoms with Gasteiger partial charge in [0.2, 0.25) is 11.8 Å². The molecule has 1 aromatic carbocycles. The van der Waals surface area contributed by atoms with Crippen molar-refractivity contribution in [3.05, 3.63) is 42.1 Å². The van der Waals surface area contributed by atoms with Gasteiger partial charge in [0.25, 0.3) is 15.9 Å². The first-order chi connectivity index (χ1) is 13.9. The molecule has 8 nitrogen and oxygen atoms in total. The lowest BCUT2D eigenvalue weighted by Crippen LogP contribution is -2.54. The van der Waals surface area contributed by atoms with Gasteiger partial charge in [0.05, 0.1) is 10.9 Å². The second kappa shape index (κ2) is 6.69. The third kappa shape index (κ3) is 3.43. The van der Waals surface area contributed by atoms with E-state index in [0.29, 0.717) is 16.9 Å². The van der Waals surface area contributed by atoms with Crippen molar-refractivity contribution in [2.75, 3.05) is 11.3 Å². The minimum Gasteiger partial charge on any atom is -0.475 e. The van der Waals surface area contributed by atoms with Gasteiger partial charge in [-0.1, -0.05) is 12.5 Å². The highest BCUT2D eigenvalue weighted by atomic mass is 32.2. The zero-order chi connectivity index (χ0) is 20.1. The molecule has 1 amide bonds. The number of ether oxygens (including phenoxy) is 1. The van der Waals surface area contributed by atoms with Crippen LogP contribution in [0.15, 0.2) is 41.4 Å². The molecule has 152 valence electrons. The number of carbonyl (C=O) groups is 1. The van der Waals surface area contributed by atoms with Gasteiger partial charge >= 0.3 is 0 Å². The molecule has 2 heterocycles. The number of amides is 1. The van der Waals surface area contributed by atoms with E-state index < -0.39 is 10.0 Å². The molecule has 0 radical (unpaired) electrons. The minimum atomic E-state index is -3.93. The third-order valence-electron chi connectivity index (χ3n) is 6.36. The molecule has 1 aliphatic heterocycles. The first-order valence-electron chi connectivity index (χ1n) is 9.82. The lowest BCUT2D eigenvalue weighted by atomic mass is 9.50. The van der Waals surface area contributed by atoms with E-state index in [9.17, 15) is 13.2 Å². The Morgan fingerprint density at radius 3 is 2.76 bits per heavy atom. The summed E-state index contributed by atoms with van der Waals surface area (Å²) in [6, 6.07) is 7.37. The number of nitrogens with zero attached hydrogens (tertiary/aromatic N) is 2. The number of hydrogen-bond donors (Lipinski definition) is 2. The van der Waals surface area contributed by atoms with Crippen LogP contribution in [0.25, 0.3) is 0 Å². The number of benzene rings is 1. The van der Waals surface area contributed by atoms with Crippen molar-refractivity contribution in [3.63, 3.8) is 0 Å². The van der Waals surface area contributed by atoms with Gasteiger partial charge < -0.3 is 10.1 Å². The molecule has 4 bridgehead atoms. The topological polar surface area (TPSA) is 110 Å². The van der Waals surface area contributed by atoms with Crippen molar-refractivity contribution in [3.8, 4) is 5.88 Å². The van der Waals surface area contributed by atoms with Gasteiger partial charge in [0.15, 0.2) is 0 Å². The molecular formula is C20H22N4O4S. The number of aromatic nitrogens is 2. The van der Waals surface area contributed by atoms with Crippen LogP contribution in [-0.4, -0.2) is 36.9 Å². The summed E-state index contributed by atoms with van der Waals surface area (Å²) >= 11 is 0. The van der Waals surface area contributed by atoms with Crippen molar-refractivity contribution in [1.82, 2.24) is 15.3 Å². The fourth-order valence-corrected chi connectivity index (χ4v) is 5.60. The quantitative estimate of drug-likeness (QED) is 0.741. The third-order valence-corrected chi connectivity index (χ3v) is 7.69. The van der Waals surface area contributed by atoms with E-state index in [1.807, 2.05) is 0 Å². The maximum Gasteiger partial charge on any atom is 0.264 e. The highest BCUT2D eigenvalue weighted by Gasteiger charge is 2.50. The van der Waals surface area contributed by atoms with Crippen LogP contribution >= 0.6 is 0 Å². The number of fused-ring (bicyclic) bond motifs is 4. The van der Waals surface area contributed by atoms with Gasteiger partial charge in [0.1, 0.15) is 6.61 Å². The van der Waals surface area contributed by atoms with Gasteiger partial charge in [-0.05, 0) is 55.2 Å². The maximum atomic E-state index is 12.9. The summed E-state index contributed by atoms with van der Waals surface area (Å²) in [7, 11) is -3.93. The van der Waals surface area contributed by atoms with E-state index in [-0.39, 0.29) is 35.3 Å². The molecule has 9 heteroatoms. The Morgan fingerprint density at radius 1 is 1.17 bits per heavy atom. The highest BCUT2D eigenvalue weighted by Crippen LogP contribution is 2.59. The Hall–Kier alpha value is -2.68. The SMILES string of the molecule is O=C1NC(C2CC3(CCC3)C2)COc2ccnc(n2)NS(=O)(=O)c2cccc1c2. The number of nitrogens with one attached hydrogen (secondary N) is 2. The summed E-state index contributed by atoms with van der Waals surface area (Å²) in [6.07, 6.45) is 7.45. The molecule has 2 fully saturated rings. The number of hydrogen-bond acceptors (Lipinski definition) is 6. The van der Waals surface area contributed by atoms with Crippen LogP contribution in [0.4, 0.5) is 5.95 Å². The van der Waals surface area contributed by atoms with Crippen molar-refractivity contribution < 1.29 is 17.9 Å². The van der Waals surface area contributed by atoms with Crippen molar-refractivity contribution in [1.29, 1.82) is 0 Å². The molecule has 2 saturated carbocycles. The Bertz CT molecular complexity index is 1060. The lowest BCUT2D eigenvalue weighted by Gasteiger charge is -2.56. The Balaban J connectivity index is 1.48. The molecule has 1 atom stereocenters. The predicted octanol–water partition coefficient (Wildman–Crippen LogP) is 2.35. The molecule has 0 saturated heterocycles. The molecular weight excluding hydrogens is 392 g/mol. The maximum absolute atomic E-state index is 12.9. The molecule has 29 heavy (non-hydrogen) atoms. The van der Waals surface area contributed by atoms with Crippen LogP contribution in [0.5, 0.6) is 5.88 Å². The fraction of sp³-hybridized carbons (Fsp3) is 0.450. The zero-order valence-electron chi connectivity index (χ0n) is 15.8. The van der Waals surface area contributed by atoms with Crippen molar-refractivity contribution in [2.24, 2.45) is 11.3 Å². The first kappa shape index (κ1) is 18.4. The largest absolute Gasteiger partial charge is 0.475 e. The summed E-state index contributed by atoms with van der Waals surface area (Å²) in [5, 5.41) is 3.06.